The summed E-state index contributed by atoms with van der Waals surface area (Å²) in [5.41, 5.74) is 1.84. The minimum Gasteiger partial charge on any atom is -0.495 e. The number of ether oxygens (including phenoxy) is 3. The van der Waals surface area contributed by atoms with Crippen LogP contribution in [0, 0.1) is 0 Å². The molecule has 0 amide bonds. The molecule has 0 aromatic heterocycles. The highest BCUT2D eigenvalue weighted by atomic mass is 16.6. The van der Waals surface area contributed by atoms with Crippen LogP contribution in [0.2, 0.25) is 0 Å². The van der Waals surface area contributed by atoms with Crippen molar-refractivity contribution < 1.29 is 23.8 Å². The van der Waals surface area contributed by atoms with E-state index in [9.17, 15) is 9.59 Å². The predicted octanol–water partition coefficient (Wildman–Crippen LogP) is 4.31. The third-order valence-corrected chi connectivity index (χ3v) is 4.53. The molecule has 0 aliphatic heterocycles. The van der Waals surface area contributed by atoms with E-state index in [1.54, 1.807) is 43.5 Å². The molecule has 6 heteroatoms. The van der Waals surface area contributed by atoms with Gasteiger partial charge in [-0.2, -0.15) is 0 Å². The number of hydrogen-bond acceptors (Lipinski definition) is 6. The Kier molecular flexibility index (Phi) is 7.05. The number of carbonyl (C=O) groups is 2. The van der Waals surface area contributed by atoms with Gasteiger partial charge in [0, 0.05) is 5.56 Å². The lowest BCUT2D eigenvalue weighted by atomic mass is 10.1. The van der Waals surface area contributed by atoms with Crippen LogP contribution in [0.15, 0.2) is 84.9 Å². The first-order valence-corrected chi connectivity index (χ1v) is 9.41. The van der Waals surface area contributed by atoms with Gasteiger partial charge in [-0.15, -0.1) is 0 Å². The molecule has 0 saturated heterocycles. The molecule has 2 atom stereocenters. The maximum Gasteiger partial charge on any atom is 0.351 e. The van der Waals surface area contributed by atoms with Crippen molar-refractivity contribution in [1.82, 2.24) is 0 Å². The average molecular weight is 405 g/mol. The summed E-state index contributed by atoms with van der Waals surface area (Å²) in [5.74, 6) is -0.691. The molecule has 0 aliphatic rings. The summed E-state index contributed by atoms with van der Waals surface area (Å²) >= 11 is 0. The Balaban J connectivity index is 1.92. The largest absolute Gasteiger partial charge is 0.495 e. The molecule has 0 aliphatic carbocycles. The van der Waals surface area contributed by atoms with E-state index < -0.39 is 24.1 Å². The first-order chi connectivity index (χ1) is 14.6. The van der Waals surface area contributed by atoms with Crippen LogP contribution < -0.4 is 10.1 Å². The maximum absolute atomic E-state index is 13.2. The van der Waals surface area contributed by atoms with Crippen molar-refractivity contribution in [2.75, 3.05) is 19.5 Å². The standard InChI is InChI=1S/C24H23NO5/c1-28-20-16-10-9-15-19(20)25-21(17-11-5-3-6-12-17)23(26)30-22(24(27)29-2)18-13-7-4-8-14-18/h3-16,21-22,25H,1-2H3/t21-,22+/m1/s1. The van der Waals surface area contributed by atoms with E-state index >= 15 is 0 Å². The second kappa shape index (κ2) is 10.1. The van der Waals surface area contributed by atoms with Crippen molar-refractivity contribution in [3.05, 3.63) is 96.1 Å². The van der Waals surface area contributed by atoms with Gasteiger partial charge < -0.3 is 19.5 Å². The number of hydrogen-bond donors (Lipinski definition) is 1. The number of methoxy groups -OCH3 is 2. The summed E-state index contributed by atoms with van der Waals surface area (Å²) in [5, 5.41) is 3.18. The van der Waals surface area contributed by atoms with Gasteiger partial charge in [0.05, 0.1) is 19.9 Å². The molecule has 0 radical (unpaired) electrons. The van der Waals surface area contributed by atoms with Gasteiger partial charge in [-0.05, 0) is 17.7 Å². The zero-order chi connectivity index (χ0) is 21.3. The van der Waals surface area contributed by atoms with Gasteiger partial charge in [0.15, 0.2) is 6.04 Å². The lowest BCUT2D eigenvalue weighted by Crippen LogP contribution is -2.28. The zero-order valence-electron chi connectivity index (χ0n) is 16.8. The Morgan fingerprint density at radius 2 is 1.30 bits per heavy atom. The van der Waals surface area contributed by atoms with Crippen LogP contribution in [0.1, 0.15) is 23.3 Å². The number of esters is 2. The van der Waals surface area contributed by atoms with Crippen LogP contribution in [-0.4, -0.2) is 26.2 Å². The molecule has 1 N–H and O–H groups in total. The summed E-state index contributed by atoms with van der Waals surface area (Å²) in [6.07, 6.45) is -1.17. The van der Waals surface area contributed by atoms with E-state index in [2.05, 4.69) is 5.32 Å². The van der Waals surface area contributed by atoms with Crippen LogP contribution in [0.4, 0.5) is 5.69 Å². The molecule has 0 bridgehead atoms. The molecule has 0 fully saturated rings. The summed E-state index contributed by atoms with van der Waals surface area (Å²) in [6.45, 7) is 0. The highest BCUT2D eigenvalue weighted by molar-refractivity contribution is 5.86. The quantitative estimate of drug-likeness (QED) is 0.563. The average Bonchev–Trinajstić information content (AvgIpc) is 2.81. The van der Waals surface area contributed by atoms with Crippen LogP contribution in [-0.2, 0) is 19.1 Å². The number of carbonyl (C=O) groups excluding carboxylic acids is 2. The molecule has 3 aromatic carbocycles. The minimum atomic E-state index is -1.17. The van der Waals surface area contributed by atoms with Crippen molar-refractivity contribution in [2.45, 2.75) is 12.1 Å². The number of nitrogens with one attached hydrogen (secondary N) is 1. The Morgan fingerprint density at radius 3 is 1.90 bits per heavy atom. The van der Waals surface area contributed by atoms with E-state index in [0.717, 1.165) is 0 Å². The van der Waals surface area contributed by atoms with Gasteiger partial charge in [-0.1, -0.05) is 72.8 Å². The van der Waals surface area contributed by atoms with Crippen molar-refractivity contribution in [3.8, 4) is 5.75 Å². The topological polar surface area (TPSA) is 73.9 Å². The van der Waals surface area contributed by atoms with E-state index in [1.807, 2.05) is 48.5 Å². The normalized spacial score (nSPS) is 12.3. The molecule has 0 unspecified atom stereocenters. The maximum atomic E-state index is 13.2. The Hall–Kier alpha value is -3.80. The van der Waals surface area contributed by atoms with Gasteiger partial charge in [0.1, 0.15) is 5.75 Å². The number of anilines is 1. The molecular formula is C24H23NO5. The van der Waals surface area contributed by atoms with Gasteiger partial charge in [0.2, 0.25) is 6.10 Å². The Morgan fingerprint density at radius 1 is 0.733 bits per heavy atom. The van der Waals surface area contributed by atoms with E-state index in [4.69, 9.17) is 14.2 Å². The third kappa shape index (κ3) is 4.97. The van der Waals surface area contributed by atoms with Crippen molar-refractivity contribution in [3.63, 3.8) is 0 Å². The number of rotatable bonds is 8. The number of benzene rings is 3. The molecule has 3 aromatic rings. The highest BCUT2D eigenvalue weighted by Gasteiger charge is 2.31. The lowest BCUT2D eigenvalue weighted by Gasteiger charge is -2.23. The molecule has 0 saturated carbocycles. The van der Waals surface area contributed by atoms with Crippen LogP contribution in [0.5, 0.6) is 5.75 Å². The van der Waals surface area contributed by atoms with Crippen molar-refractivity contribution >= 4 is 17.6 Å². The second-order valence-electron chi connectivity index (χ2n) is 6.44. The zero-order valence-corrected chi connectivity index (χ0v) is 16.8. The molecule has 30 heavy (non-hydrogen) atoms. The summed E-state index contributed by atoms with van der Waals surface area (Å²) in [4.78, 5) is 25.5. The second-order valence-corrected chi connectivity index (χ2v) is 6.44. The van der Waals surface area contributed by atoms with E-state index in [0.29, 0.717) is 22.6 Å². The van der Waals surface area contributed by atoms with Gasteiger partial charge in [-0.3, -0.25) is 0 Å². The highest BCUT2D eigenvalue weighted by Crippen LogP contribution is 2.30. The van der Waals surface area contributed by atoms with Crippen LogP contribution in [0.25, 0.3) is 0 Å². The van der Waals surface area contributed by atoms with Crippen molar-refractivity contribution in [1.29, 1.82) is 0 Å². The van der Waals surface area contributed by atoms with E-state index in [-0.39, 0.29) is 0 Å². The lowest BCUT2D eigenvalue weighted by molar-refractivity contribution is -0.167. The fraction of sp³-hybridized carbons (Fsp3) is 0.167. The first-order valence-electron chi connectivity index (χ1n) is 9.41. The Bertz CT molecular complexity index is 975. The number of para-hydroxylation sites is 2. The molecule has 6 nitrogen and oxygen atoms in total. The molecular weight excluding hydrogens is 382 g/mol. The third-order valence-electron chi connectivity index (χ3n) is 4.53. The summed E-state index contributed by atoms with van der Waals surface area (Å²) in [6, 6.07) is 24.3. The van der Waals surface area contributed by atoms with E-state index in [1.165, 1.54) is 7.11 Å². The van der Waals surface area contributed by atoms with Gasteiger partial charge >= 0.3 is 11.9 Å². The molecule has 0 spiro atoms. The van der Waals surface area contributed by atoms with Crippen LogP contribution >= 0.6 is 0 Å². The summed E-state index contributed by atoms with van der Waals surface area (Å²) in [7, 11) is 2.81. The fourth-order valence-corrected chi connectivity index (χ4v) is 3.01. The first kappa shape index (κ1) is 20.9. The SMILES string of the molecule is COC(=O)[C@@H](OC(=O)[C@H](Nc1ccccc1OC)c1ccccc1)c1ccccc1. The predicted molar refractivity (Wildman–Crippen MR) is 113 cm³/mol. The molecule has 0 heterocycles. The monoisotopic (exact) mass is 405 g/mol. The Labute approximate surface area is 175 Å². The fourth-order valence-electron chi connectivity index (χ4n) is 3.01. The summed E-state index contributed by atoms with van der Waals surface area (Å²) < 4.78 is 15.9. The van der Waals surface area contributed by atoms with Crippen molar-refractivity contribution in [2.24, 2.45) is 0 Å². The minimum absolute atomic E-state index is 0.529. The smallest absolute Gasteiger partial charge is 0.351 e. The van der Waals surface area contributed by atoms with Gasteiger partial charge in [0.25, 0.3) is 0 Å². The molecule has 3 rings (SSSR count). The molecule has 154 valence electrons. The van der Waals surface area contributed by atoms with Gasteiger partial charge in [-0.25, -0.2) is 9.59 Å². The van der Waals surface area contributed by atoms with Crippen LogP contribution in [0.3, 0.4) is 0 Å².